The lowest BCUT2D eigenvalue weighted by atomic mass is 9.62. The molecule has 1 spiro atoms. The second-order valence-corrected chi connectivity index (χ2v) is 12.0. The summed E-state index contributed by atoms with van der Waals surface area (Å²) in [4.78, 5) is 45.4. The van der Waals surface area contributed by atoms with Crippen molar-refractivity contribution in [3.05, 3.63) is 54.1 Å². The summed E-state index contributed by atoms with van der Waals surface area (Å²) in [5.41, 5.74) is -0.917. The highest BCUT2D eigenvalue weighted by atomic mass is 35.5. The summed E-state index contributed by atoms with van der Waals surface area (Å²) in [6.07, 6.45) is 6.20. The van der Waals surface area contributed by atoms with E-state index in [2.05, 4.69) is 13.2 Å². The van der Waals surface area contributed by atoms with Crippen LogP contribution in [0.4, 0.5) is 5.69 Å². The Morgan fingerprint density at radius 2 is 2.05 bits per heavy atom. The average Bonchev–Trinajstić information content (AvgIpc) is 3.43. The smallest absolute Gasteiger partial charge is 0.312 e. The molecule has 3 saturated heterocycles. The van der Waals surface area contributed by atoms with Crippen molar-refractivity contribution in [1.29, 1.82) is 0 Å². The van der Waals surface area contributed by atoms with Crippen LogP contribution in [0.15, 0.2) is 43.5 Å². The van der Waals surface area contributed by atoms with Crippen LogP contribution in [0.2, 0.25) is 5.02 Å². The van der Waals surface area contributed by atoms with Crippen molar-refractivity contribution in [2.75, 3.05) is 24.7 Å². The average molecular weight is 573 g/mol. The minimum absolute atomic E-state index is 0.121. The molecular formula is C31H41ClN2O6. The first-order valence-electron chi connectivity index (χ1n) is 14.1. The predicted octanol–water partition coefficient (Wildman–Crippen LogP) is 4.46. The van der Waals surface area contributed by atoms with Gasteiger partial charge in [-0.15, -0.1) is 13.2 Å². The topological polar surface area (TPSA) is 96.4 Å². The Hall–Kier alpha value is -2.68. The van der Waals surface area contributed by atoms with Gasteiger partial charge in [0.15, 0.2) is 0 Å². The third kappa shape index (κ3) is 4.68. The van der Waals surface area contributed by atoms with Crippen molar-refractivity contribution in [1.82, 2.24) is 4.90 Å². The molecule has 1 aromatic carbocycles. The summed E-state index contributed by atoms with van der Waals surface area (Å²) in [7, 11) is 0. The van der Waals surface area contributed by atoms with Gasteiger partial charge < -0.3 is 24.4 Å². The highest BCUT2D eigenvalue weighted by Gasteiger charge is 2.80. The normalized spacial score (nSPS) is 31.1. The second-order valence-electron chi connectivity index (χ2n) is 11.6. The summed E-state index contributed by atoms with van der Waals surface area (Å²) in [6, 6.07) is 3.63. The standard InChI is InChI=1S/C31H41ClN2O6/c1-7-9-10-11-16-39-29(38)24-23-27(36)34(21(5)18-35)26(31(23)17-20(4)30(24,6)40-31)28(37)33(15-8-2)25-19(3)13-12-14-22(25)32/h7-8,12-14,20-21,23-24,26,35H,1-2,9-11,15-18H2,3-6H3/t20?,21-,23+,24-,26?,30+,31?/m1/s1. The quantitative estimate of drug-likeness (QED) is 0.226. The number of unbranched alkanes of at least 4 members (excludes halogenated alkanes) is 2. The Morgan fingerprint density at radius 3 is 2.67 bits per heavy atom. The molecule has 8 nitrogen and oxygen atoms in total. The molecule has 3 unspecified atom stereocenters. The predicted molar refractivity (Wildman–Crippen MR) is 154 cm³/mol. The molecule has 0 aliphatic carbocycles. The summed E-state index contributed by atoms with van der Waals surface area (Å²) < 4.78 is 12.4. The van der Waals surface area contributed by atoms with Crippen LogP contribution in [-0.4, -0.2) is 70.8 Å². The number of anilines is 1. The molecule has 218 valence electrons. The number of fused-ring (bicyclic) bond motifs is 1. The number of rotatable bonds is 12. The third-order valence-electron chi connectivity index (χ3n) is 9.06. The number of carbonyl (C=O) groups is 3. The van der Waals surface area contributed by atoms with Crippen LogP contribution < -0.4 is 4.90 Å². The lowest BCUT2D eigenvalue weighted by Gasteiger charge is -2.39. The number of likely N-dealkylation sites (tertiary alicyclic amines) is 1. The Morgan fingerprint density at radius 1 is 1.32 bits per heavy atom. The van der Waals surface area contributed by atoms with Gasteiger partial charge in [-0.05, 0) is 64.0 Å². The number of allylic oxidation sites excluding steroid dienone is 1. The molecule has 3 fully saturated rings. The Kier molecular flexibility index (Phi) is 8.83. The number of benzene rings is 1. The number of hydrogen-bond acceptors (Lipinski definition) is 6. The lowest BCUT2D eigenvalue weighted by molar-refractivity contribution is -0.162. The van der Waals surface area contributed by atoms with Gasteiger partial charge >= 0.3 is 5.97 Å². The van der Waals surface area contributed by atoms with Gasteiger partial charge in [0.25, 0.3) is 5.91 Å². The van der Waals surface area contributed by atoms with Crippen LogP contribution >= 0.6 is 11.6 Å². The molecule has 1 aromatic rings. The Balaban J connectivity index is 1.78. The van der Waals surface area contributed by atoms with Gasteiger partial charge in [0.2, 0.25) is 5.91 Å². The van der Waals surface area contributed by atoms with E-state index in [-0.39, 0.29) is 37.5 Å². The van der Waals surface area contributed by atoms with Gasteiger partial charge in [0.1, 0.15) is 17.6 Å². The number of aliphatic hydroxyl groups is 1. The summed E-state index contributed by atoms with van der Waals surface area (Å²) in [5, 5.41) is 10.6. The van der Waals surface area contributed by atoms with Gasteiger partial charge in [0.05, 0.1) is 41.5 Å². The van der Waals surface area contributed by atoms with E-state index in [1.807, 2.05) is 39.0 Å². The van der Waals surface area contributed by atoms with Crippen molar-refractivity contribution in [3.8, 4) is 0 Å². The Labute approximate surface area is 241 Å². The first kappa shape index (κ1) is 30.3. The maximum Gasteiger partial charge on any atom is 0.312 e. The number of halogens is 1. The van der Waals surface area contributed by atoms with Crippen LogP contribution in [0.1, 0.15) is 52.0 Å². The second kappa shape index (κ2) is 11.7. The van der Waals surface area contributed by atoms with Gasteiger partial charge in [-0.3, -0.25) is 14.4 Å². The van der Waals surface area contributed by atoms with Gasteiger partial charge in [0, 0.05) is 6.54 Å². The number of hydrogen-bond donors (Lipinski definition) is 1. The van der Waals surface area contributed by atoms with Crippen molar-refractivity contribution in [2.24, 2.45) is 17.8 Å². The lowest BCUT2D eigenvalue weighted by Crippen LogP contribution is -2.58. The zero-order valence-corrected chi connectivity index (χ0v) is 24.7. The third-order valence-corrected chi connectivity index (χ3v) is 9.37. The summed E-state index contributed by atoms with van der Waals surface area (Å²) in [5.74, 6) is -3.15. The van der Waals surface area contributed by atoms with E-state index >= 15 is 0 Å². The van der Waals surface area contributed by atoms with Crippen molar-refractivity contribution in [3.63, 3.8) is 0 Å². The molecule has 9 heteroatoms. The SMILES string of the molecule is C=CCCCCOC(=O)[C@H]1[C@H]2C(=O)N([C@H](C)CO)C(C(=O)N(CC=C)c3c(C)cccc3Cl)C23CC(C)[C@]1(C)O3. The van der Waals surface area contributed by atoms with Crippen LogP contribution in [0.5, 0.6) is 0 Å². The van der Waals surface area contributed by atoms with Crippen molar-refractivity contribution >= 4 is 35.1 Å². The number of aryl methyl sites for hydroxylation is 1. The number of carbonyl (C=O) groups excluding carboxylic acids is 3. The molecule has 4 rings (SSSR count). The van der Waals surface area contributed by atoms with E-state index in [1.165, 1.54) is 9.80 Å². The molecule has 1 N–H and O–H groups in total. The maximum atomic E-state index is 14.6. The Bertz CT molecular complexity index is 1170. The van der Waals surface area contributed by atoms with Gasteiger partial charge in [-0.25, -0.2) is 0 Å². The molecule has 7 atom stereocenters. The minimum Gasteiger partial charge on any atom is -0.465 e. The first-order chi connectivity index (χ1) is 19.0. The number of aliphatic hydroxyl groups excluding tert-OH is 1. The number of nitrogens with zero attached hydrogens (tertiary/aromatic N) is 2. The van der Waals surface area contributed by atoms with E-state index in [1.54, 1.807) is 19.1 Å². The van der Waals surface area contributed by atoms with Gasteiger partial charge in [-0.1, -0.05) is 42.8 Å². The van der Waals surface area contributed by atoms with Crippen LogP contribution in [0, 0.1) is 24.7 Å². The summed E-state index contributed by atoms with van der Waals surface area (Å²) in [6.45, 7) is 15.0. The monoisotopic (exact) mass is 572 g/mol. The molecule has 3 aliphatic rings. The van der Waals surface area contributed by atoms with Crippen LogP contribution in [0.3, 0.4) is 0 Å². The summed E-state index contributed by atoms with van der Waals surface area (Å²) >= 11 is 6.60. The molecule has 3 heterocycles. The zero-order valence-electron chi connectivity index (χ0n) is 23.9. The highest BCUT2D eigenvalue weighted by molar-refractivity contribution is 6.34. The molecule has 40 heavy (non-hydrogen) atoms. The molecule has 0 aromatic heterocycles. The number of ether oxygens (including phenoxy) is 2. The minimum atomic E-state index is -1.26. The van der Waals surface area contributed by atoms with Gasteiger partial charge in [-0.2, -0.15) is 0 Å². The van der Waals surface area contributed by atoms with E-state index < -0.39 is 41.1 Å². The number of para-hydroxylation sites is 1. The fourth-order valence-electron chi connectivity index (χ4n) is 7.06. The van der Waals surface area contributed by atoms with Crippen molar-refractivity contribution in [2.45, 2.75) is 76.7 Å². The van der Waals surface area contributed by atoms with Crippen molar-refractivity contribution < 1.29 is 29.0 Å². The molecule has 3 aliphatic heterocycles. The van der Waals surface area contributed by atoms with E-state index in [4.69, 9.17) is 21.1 Å². The zero-order chi connectivity index (χ0) is 29.4. The van der Waals surface area contributed by atoms with E-state index in [9.17, 15) is 19.5 Å². The molecule has 0 saturated carbocycles. The van der Waals surface area contributed by atoms with Crippen LogP contribution in [-0.2, 0) is 23.9 Å². The molecule has 0 radical (unpaired) electrons. The van der Waals surface area contributed by atoms with E-state index in [0.717, 1.165) is 18.4 Å². The molecule has 2 bridgehead atoms. The highest BCUT2D eigenvalue weighted by Crippen LogP contribution is 2.65. The first-order valence-corrected chi connectivity index (χ1v) is 14.5. The molecular weight excluding hydrogens is 532 g/mol. The van der Waals surface area contributed by atoms with Crippen LogP contribution in [0.25, 0.3) is 0 Å². The van der Waals surface area contributed by atoms with E-state index in [0.29, 0.717) is 23.6 Å². The molecule has 2 amide bonds. The fourth-order valence-corrected chi connectivity index (χ4v) is 7.39. The fraction of sp³-hybridized carbons (Fsp3) is 0.581. The number of amides is 2. The largest absolute Gasteiger partial charge is 0.465 e. The number of esters is 1. The maximum absolute atomic E-state index is 14.6.